The van der Waals surface area contributed by atoms with Gasteiger partial charge in [-0.1, -0.05) is 35.9 Å². The van der Waals surface area contributed by atoms with Crippen LogP contribution in [0.2, 0.25) is 0 Å². The van der Waals surface area contributed by atoms with Crippen LogP contribution in [0.5, 0.6) is 0 Å². The standard InChI is InChI=1S/C27H28N4O2/c1-17-8-7-9-21(13-17)27(33)28-20(4)26-30-23-10-5-6-11-24(23)31(26)16-25(32)29-22-14-18(2)12-19(3)15-22/h5-15,20H,16H2,1-4H3,(H,28,33)(H,29,32). The molecule has 1 unspecified atom stereocenters. The SMILES string of the molecule is Cc1cc(C)cc(NC(=O)Cn2c(C(C)NC(=O)c3cccc(C)c3)nc3ccccc32)c1. The quantitative estimate of drug-likeness (QED) is 0.438. The third-order valence-electron chi connectivity index (χ3n) is 5.51. The minimum absolute atomic E-state index is 0.0908. The van der Waals surface area contributed by atoms with Crippen LogP contribution in [0.3, 0.4) is 0 Å². The van der Waals surface area contributed by atoms with E-state index in [1.807, 2.05) is 86.9 Å². The number of anilines is 1. The van der Waals surface area contributed by atoms with Crippen LogP contribution in [0.15, 0.2) is 66.7 Å². The summed E-state index contributed by atoms with van der Waals surface area (Å²) in [5, 5.41) is 6.02. The molecule has 0 saturated heterocycles. The largest absolute Gasteiger partial charge is 0.342 e. The average Bonchev–Trinajstić information content (AvgIpc) is 3.11. The maximum Gasteiger partial charge on any atom is 0.251 e. The summed E-state index contributed by atoms with van der Waals surface area (Å²) in [6.07, 6.45) is 0. The van der Waals surface area contributed by atoms with Gasteiger partial charge in [0.15, 0.2) is 0 Å². The molecule has 0 fully saturated rings. The van der Waals surface area contributed by atoms with Gasteiger partial charge < -0.3 is 15.2 Å². The lowest BCUT2D eigenvalue weighted by Gasteiger charge is -2.17. The third kappa shape index (κ3) is 5.12. The van der Waals surface area contributed by atoms with E-state index in [1.165, 1.54) is 0 Å². The fourth-order valence-corrected chi connectivity index (χ4v) is 4.11. The number of fused-ring (bicyclic) bond motifs is 1. The Hall–Kier alpha value is -3.93. The lowest BCUT2D eigenvalue weighted by atomic mass is 10.1. The van der Waals surface area contributed by atoms with Crippen LogP contribution in [0, 0.1) is 20.8 Å². The molecule has 0 saturated carbocycles. The van der Waals surface area contributed by atoms with Gasteiger partial charge in [0.2, 0.25) is 5.91 Å². The van der Waals surface area contributed by atoms with Crippen LogP contribution in [-0.4, -0.2) is 21.4 Å². The molecule has 2 amide bonds. The minimum Gasteiger partial charge on any atom is -0.342 e. The average molecular weight is 441 g/mol. The highest BCUT2D eigenvalue weighted by Gasteiger charge is 2.20. The molecule has 2 N–H and O–H groups in total. The van der Waals surface area contributed by atoms with Crippen LogP contribution >= 0.6 is 0 Å². The lowest BCUT2D eigenvalue weighted by Crippen LogP contribution is -2.30. The van der Waals surface area contributed by atoms with Crippen LogP contribution in [-0.2, 0) is 11.3 Å². The van der Waals surface area contributed by atoms with Gasteiger partial charge in [-0.25, -0.2) is 4.98 Å². The first kappa shape index (κ1) is 22.3. The second-order valence-electron chi connectivity index (χ2n) is 8.53. The number of para-hydroxylation sites is 2. The van der Waals surface area contributed by atoms with E-state index in [1.54, 1.807) is 6.07 Å². The van der Waals surface area contributed by atoms with Gasteiger partial charge in [0.25, 0.3) is 5.91 Å². The monoisotopic (exact) mass is 440 g/mol. The van der Waals surface area contributed by atoms with Crippen LogP contribution in [0.4, 0.5) is 5.69 Å². The van der Waals surface area contributed by atoms with E-state index in [4.69, 9.17) is 4.98 Å². The molecule has 1 aromatic heterocycles. The van der Waals surface area contributed by atoms with E-state index in [9.17, 15) is 9.59 Å². The Bertz CT molecular complexity index is 1320. The Labute approximate surface area is 193 Å². The van der Waals surface area contributed by atoms with E-state index in [-0.39, 0.29) is 24.4 Å². The van der Waals surface area contributed by atoms with Crippen LogP contribution in [0.1, 0.15) is 45.8 Å². The number of imidazole rings is 1. The predicted molar refractivity (Wildman–Crippen MR) is 131 cm³/mol. The minimum atomic E-state index is -0.389. The zero-order valence-corrected chi connectivity index (χ0v) is 19.3. The number of benzene rings is 3. The first-order valence-electron chi connectivity index (χ1n) is 11.0. The summed E-state index contributed by atoms with van der Waals surface area (Å²) in [5.74, 6) is 0.305. The Morgan fingerprint density at radius 3 is 2.36 bits per heavy atom. The maximum atomic E-state index is 13.0. The lowest BCUT2D eigenvalue weighted by molar-refractivity contribution is -0.116. The number of amides is 2. The van der Waals surface area contributed by atoms with Crippen LogP contribution < -0.4 is 10.6 Å². The summed E-state index contributed by atoms with van der Waals surface area (Å²) in [5.41, 5.74) is 6.19. The molecule has 4 aromatic rings. The van der Waals surface area contributed by atoms with Gasteiger partial charge in [-0.3, -0.25) is 9.59 Å². The van der Waals surface area contributed by atoms with Crippen molar-refractivity contribution in [3.8, 4) is 0 Å². The molecule has 6 heteroatoms. The first-order valence-corrected chi connectivity index (χ1v) is 11.0. The Balaban J connectivity index is 1.60. The van der Waals surface area contributed by atoms with Gasteiger partial charge in [0, 0.05) is 11.3 Å². The van der Waals surface area contributed by atoms with Crippen molar-refractivity contribution in [3.63, 3.8) is 0 Å². The Morgan fingerprint density at radius 1 is 0.909 bits per heavy atom. The first-order chi connectivity index (χ1) is 15.8. The number of nitrogens with zero attached hydrogens (tertiary/aromatic N) is 2. The van der Waals surface area contributed by atoms with Crippen molar-refractivity contribution in [1.82, 2.24) is 14.9 Å². The van der Waals surface area contributed by atoms with Gasteiger partial charge in [-0.15, -0.1) is 0 Å². The summed E-state index contributed by atoms with van der Waals surface area (Å²) in [6, 6.07) is 20.7. The predicted octanol–water partition coefficient (Wildman–Crippen LogP) is 5.09. The van der Waals surface area contributed by atoms with Gasteiger partial charge in [-0.05, 0) is 75.2 Å². The highest BCUT2D eigenvalue weighted by Crippen LogP contribution is 2.22. The topological polar surface area (TPSA) is 76.0 Å². The zero-order valence-electron chi connectivity index (χ0n) is 19.3. The van der Waals surface area contributed by atoms with E-state index in [0.29, 0.717) is 11.4 Å². The fraction of sp³-hybridized carbons (Fsp3) is 0.222. The summed E-state index contributed by atoms with van der Waals surface area (Å²) < 4.78 is 1.87. The molecule has 6 nitrogen and oxygen atoms in total. The molecular weight excluding hydrogens is 412 g/mol. The number of carbonyl (C=O) groups is 2. The fourth-order valence-electron chi connectivity index (χ4n) is 4.11. The van der Waals surface area contributed by atoms with Crippen LogP contribution in [0.25, 0.3) is 11.0 Å². The molecule has 0 aliphatic heterocycles. The number of aryl methyl sites for hydroxylation is 3. The van der Waals surface area contributed by atoms with Crippen molar-refractivity contribution in [2.75, 3.05) is 5.32 Å². The van der Waals surface area contributed by atoms with Crippen molar-refractivity contribution in [2.24, 2.45) is 0 Å². The molecule has 33 heavy (non-hydrogen) atoms. The normalized spacial score (nSPS) is 11.9. The number of hydrogen-bond acceptors (Lipinski definition) is 3. The maximum absolute atomic E-state index is 13.0. The number of hydrogen-bond donors (Lipinski definition) is 2. The van der Waals surface area contributed by atoms with Gasteiger partial charge >= 0.3 is 0 Å². The molecule has 0 radical (unpaired) electrons. The molecule has 0 aliphatic carbocycles. The third-order valence-corrected chi connectivity index (χ3v) is 5.51. The van der Waals surface area contributed by atoms with Gasteiger partial charge in [0.05, 0.1) is 17.1 Å². The summed E-state index contributed by atoms with van der Waals surface area (Å²) in [7, 11) is 0. The smallest absolute Gasteiger partial charge is 0.251 e. The molecule has 0 bridgehead atoms. The molecule has 1 atom stereocenters. The van der Waals surface area contributed by atoms with Crippen molar-refractivity contribution in [1.29, 1.82) is 0 Å². The van der Waals surface area contributed by atoms with Crippen molar-refractivity contribution in [2.45, 2.75) is 40.3 Å². The highest BCUT2D eigenvalue weighted by atomic mass is 16.2. The van der Waals surface area contributed by atoms with Crippen molar-refractivity contribution >= 4 is 28.5 Å². The zero-order chi connectivity index (χ0) is 23.5. The molecule has 168 valence electrons. The molecule has 3 aromatic carbocycles. The second kappa shape index (κ2) is 9.28. The molecule has 0 aliphatic rings. The summed E-state index contributed by atoms with van der Waals surface area (Å²) >= 11 is 0. The highest BCUT2D eigenvalue weighted by molar-refractivity contribution is 5.95. The van der Waals surface area contributed by atoms with Gasteiger partial charge in [-0.2, -0.15) is 0 Å². The molecule has 4 rings (SSSR count). The van der Waals surface area contributed by atoms with E-state index < -0.39 is 0 Å². The van der Waals surface area contributed by atoms with Crippen molar-refractivity contribution < 1.29 is 9.59 Å². The van der Waals surface area contributed by atoms with Crippen molar-refractivity contribution in [3.05, 3.63) is 94.8 Å². The van der Waals surface area contributed by atoms with E-state index >= 15 is 0 Å². The number of nitrogens with one attached hydrogen (secondary N) is 2. The number of rotatable bonds is 6. The van der Waals surface area contributed by atoms with Gasteiger partial charge in [0.1, 0.15) is 12.4 Å². The molecule has 0 spiro atoms. The number of carbonyl (C=O) groups excluding carboxylic acids is 2. The summed E-state index contributed by atoms with van der Waals surface area (Å²) in [6.45, 7) is 7.93. The second-order valence-corrected chi connectivity index (χ2v) is 8.53. The Morgan fingerprint density at radius 2 is 1.64 bits per heavy atom. The number of aromatic nitrogens is 2. The molecular formula is C27H28N4O2. The van der Waals surface area contributed by atoms with E-state index in [2.05, 4.69) is 16.7 Å². The summed E-state index contributed by atoms with van der Waals surface area (Å²) in [4.78, 5) is 30.5. The van der Waals surface area contributed by atoms with E-state index in [0.717, 1.165) is 33.4 Å². The Kier molecular flexibility index (Phi) is 6.27. The molecule has 1 heterocycles.